The minimum Gasteiger partial charge on any atom is -0.338 e. The topological polar surface area (TPSA) is 23.6 Å². The van der Waals surface area contributed by atoms with E-state index in [1.54, 1.807) is 6.07 Å². The molecule has 1 saturated carbocycles. The summed E-state index contributed by atoms with van der Waals surface area (Å²) in [6, 6.07) is 7.36. The van der Waals surface area contributed by atoms with Gasteiger partial charge in [-0.2, -0.15) is 0 Å². The van der Waals surface area contributed by atoms with E-state index in [0.717, 1.165) is 37.4 Å². The Labute approximate surface area is 131 Å². The number of benzene rings is 1. The lowest BCUT2D eigenvalue weighted by molar-refractivity contribution is -0.131. The first-order valence-corrected chi connectivity index (χ1v) is 8.48. The van der Waals surface area contributed by atoms with Crippen LogP contribution in [-0.4, -0.2) is 47.4 Å². The Balaban J connectivity index is 1.39. The summed E-state index contributed by atoms with van der Waals surface area (Å²) in [6.07, 6.45) is 5.30. The standard InChI is InChI=1S/C18H23FN2O/c19-15-3-1-2-14(10-15)11-18(22)21-9-7-16-17(21)6-8-20(16)12-13-4-5-13/h1-3,10,13,16-17H,4-9,11-12H2/t16-,17+/m1/s1. The van der Waals surface area contributed by atoms with E-state index in [4.69, 9.17) is 0 Å². The minimum atomic E-state index is -0.263. The molecular formula is C18H23FN2O. The molecule has 0 N–H and O–H groups in total. The lowest BCUT2D eigenvalue weighted by Gasteiger charge is -2.25. The summed E-state index contributed by atoms with van der Waals surface area (Å²) in [5, 5.41) is 0. The van der Waals surface area contributed by atoms with E-state index in [9.17, 15) is 9.18 Å². The highest BCUT2D eigenvalue weighted by molar-refractivity contribution is 5.79. The number of hydrogen-bond donors (Lipinski definition) is 0. The van der Waals surface area contributed by atoms with Crippen LogP contribution in [0.25, 0.3) is 0 Å². The predicted molar refractivity (Wildman–Crippen MR) is 82.9 cm³/mol. The molecule has 0 aromatic heterocycles. The SMILES string of the molecule is O=C(Cc1cccc(F)c1)N1CC[C@@H]2[C@@H]1CCN2CC1CC1. The fraction of sp³-hybridized carbons (Fsp3) is 0.611. The Hall–Kier alpha value is -1.42. The Morgan fingerprint density at radius 1 is 1.14 bits per heavy atom. The van der Waals surface area contributed by atoms with E-state index in [2.05, 4.69) is 9.80 Å². The van der Waals surface area contributed by atoms with Crippen molar-refractivity contribution in [1.82, 2.24) is 9.80 Å². The first kappa shape index (κ1) is 14.2. The van der Waals surface area contributed by atoms with Gasteiger partial charge in [-0.3, -0.25) is 9.69 Å². The molecule has 118 valence electrons. The zero-order valence-electron chi connectivity index (χ0n) is 12.9. The van der Waals surface area contributed by atoms with E-state index >= 15 is 0 Å². The first-order valence-electron chi connectivity index (χ1n) is 8.48. The molecule has 4 rings (SSSR count). The maximum atomic E-state index is 13.3. The maximum absolute atomic E-state index is 13.3. The molecule has 1 aliphatic carbocycles. The summed E-state index contributed by atoms with van der Waals surface area (Å²) in [4.78, 5) is 17.3. The Kier molecular flexibility index (Phi) is 3.65. The van der Waals surface area contributed by atoms with Gasteiger partial charge >= 0.3 is 0 Å². The molecule has 2 atom stereocenters. The number of rotatable bonds is 4. The van der Waals surface area contributed by atoms with Crippen LogP contribution in [0.4, 0.5) is 4.39 Å². The van der Waals surface area contributed by atoms with Crippen LogP contribution in [0.2, 0.25) is 0 Å². The third kappa shape index (κ3) is 2.76. The van der Waals surface area contributed by atoms with Gasteiger partial charge in [0.25, 0.3) is 0 Å². The maximum Gasteiger partial charge on any atom is 0.227 e. The van der Waals surface area contributed by atoms with Crippen LogP contribution in [0, 0.1) is 11.7 Å². The second-order valence-corrected chi connectivity index (χ2v) is 7.04. The lowest BCUT2D eigenvalue weighted by Crippen LogP contribution is -2.40. The van der Waals surface area contributed by atoms with Gasteiger partial charge in [-0.15, -0.1) is 0 Å². The highest BCUT2D eigenvalue weighted by Crippen LogP contribution is 2.36. The Bertz CT molecular complexity index is 572. The van der Waals surface area contributed by atoms with Gasteiger partial charge in [0.05, 0.1) is 6.42 Å². The van der Waals surface area contributed by atoms with E-state index < -0.39 is 0 Å². The molecule has 2 heterocycles. The van der Waals surface area contributed by atoms with Crippen molar-refractivity contribution in [3.63, 3.8) is 0 Å². The second-order valence-electron chi connectivity index (χ2n) is 7.04. The quantitative estimate of drug-likeness (QED) is 0.853. The molecule has 3 nitrogen and oxygen atoms in total. The van der Waals surface area contributed by atoms with Crippen LogP contribution in [0.5, 0.6) is 0 Å². The second kappa shape index (κ2) is 5.65. The summed E-state index contributed by atoms with van der Waals surface area (Å²) in [5.41, 5.74) is 0.779. The number of halogens is 1. The Morgan fingerprint density at radius 2 is 1.95 bits per heavy atom. The first-order chi connectivity index (χ1) is 10.7. The Morgan fingerprint density at radius 3 is 2.73 bits per heavy atom. The van der Waals surface area contributed by atoms with Crippen LogP contribution in [0.15, 0.2) is 24.3 Å². The molecule has 2 aliphatic heterocycles. The van der Waals surface area contributed by atoms with Crippen molar-refractivity contribution in [1.29, 1.82) is 0 Å². The number of carbonyl (C=O) groups excluding carboxylic acids is 1. The van der Waals surface area contributed by atoms with Gasteiger partial charge in [-0.05, 0) is 49.3 Å². The zero-order chi connectivity index (χ0) is 15.1. The van der Waals surface area contributed by atoms with E-state index in [0.29, 0.717) is 18.5 Å². The molecule has 0 spiro atoms. The monoisotopic (exact) mass is 302 g/mol. The van der Waals surface area contributed by atoms with Crippen molar-refractivity contribution < 1.29 is 9.18 Å². The smallest absolute Gasteiger partial charge is 0.227 e. The average Bonchev–Trinajstić information content (AvgIpc) is 3.06. The van der Waals surface area contributed by atoms with Crippen molar-refractivity contribution in [2.45, 2.75) is 44.2 Å². The minimum absolute atomic E-state index is 0.159. The summed E-state index contributed by atoms with van der Waals surface area (Å²) >= 11 is 0. The molecule has 0 radical (unpaired) electrons. The van der Waals surface area contributed by atoms with Gasteiger partial charge in [-0.1, -0.05) is 12.1 Å². The normalized spacial score (nSPS) is 28.1. The number of hydrogen-bond acceptors (Lipinski definition) is 2. The fourth-order valence-electron chi connectivity index (χ4n) is 4.17. The van der Waals surface area contributed by atoms with Crippen molar-refractivity contribution in [3.8, 4) is 0 Å². The molecule has 1 aromatic carbocycles. The molecule has 3 aliphatic rings. The molecule has 2 saturated heterocycles. The highest BCUT2D eigenvalue weighted by atomic mass is 19.1. The predicted octanol–water partition coefficient (Wildman–Crippen LogP) is 2.45. The van der Waals surface area contributed by atoms with E-state index in [1.165, 1.54) is 31.5 Å². The van der Waals surface area contributed by atoms with Crippen molar-refractivity contribution in [3.05, 3.63) is 35.6 Å². The van der Waals surface area contributed by atoms with Gasteiger partial charge in [0.2, 0.25) is 5.91 Å². The lowest BCUT2D eigenvalue weighted by atomic mass is 10.1. The number of nitrogens with zero attached hydrogens (tertiary/aromatic N) is 2. The van der Waals surface area contributed by atoms with Crippen LogP contribution in [0.1, 0.15) is 31.2 Å². The summed E-state index contributed by atoms with van der Waals surface area (Å²) < 4.78 is 13.3. The van der Waals surface area contributed by atoms with Crippen LogP contribution in [0.3, 0.4) is 0 Å². The molecule has 1 aromatic rings. The van der Waals surface area contributed by atoms with Gasteiger partial charge in [0.1, 0.15) is 5.82 Å². The molecule has 1 amide bonds. The molecule has 0 bridgehead atoms. The summed E-state index contributed by atoms with van der Waals surface area (Å²) in [7, 11) is 0. The van der Waals surface area contributed by atoms with Crippen LogP contribution in [-0.2, 0) is 11.2 Å². The highest BCUT2D eigenvalue weighted by Gasteiger charge is 2.45. The van der Waals surface area contributed by atoms with Crippen molar-refractivity contribution in [2.75, 3.05) is 19.6 Å². The van der Waals surface area contributed by atoms with Gasteiger partial charge in [-0.25, -0.2) is 4.39 Å². The molecular weight excluding hydrogens is 279 g/mol. The summed E-state index contributed by atoms with van der Waals surface area (Å²) in [5.74, 6) is 0.809. The number of carbonyl (C=O) groups is 1. The largest absolute Gasteiger partial charge is 0.338 e. The van der Waals surface area contributed by atoms with Crippen LogP contribution >= 0.6 is 0 Å². The third-order valence-electron chi connectivity index (χ3n) is 5.45. The van der Waals surface area contributed by atoms with E-state index in [-0.39, 0.29) is 11.7 Å². The van der Waals surface area contributed by atoms with E-state index in [1.807, 2.05) is 6.07 Å². The number of amides is 1. The zero-order valence-corrected chi connectivity index (χ0v) is 12.9. The number of fused-ring (bicyclic) bond motifs is 1. The molecule has 3 fully saturated rings. The molecule has 22 heavy (non-hydrogen) atoms. The van der Waals surface area contributed by atoms with Gasteiger partial charge in [0, 0.05) is 31.7 Å². The van der Waals surface area contributed by atoms with Crippen molar-refractivity contribution >= 4 is 5.91 Å². The van der Waals surface area contributed by atoms with Crippen molar-refractivity contribution in [2.24, 2.45) is 5.92 Å². The third-order valence-corrected chi connectivity index (χ3v) is 5.45. The van der Waals surface area contributed by atoms with Crippen LogP contribution < -0.4 is 0 Å². The number of likely N-dealkylation sites (tertiary alicyclic amines) is 2. The average molecular weight is 302 g/mol. The molecule has 0 unspecified atom stereocenters. The van der Waals surface area contributed by atoms with Gasteiger partial charge in [0.15, 0.2) is 0 Å². The molecule has 4 heteroatoms. The fourth-order valence-corrected chi connectivity index (χ4v) is 4.17. The van der Waals surface area contributed by atoms with Gasteiger partial charge < -0.3 is 4.90 Å². The summed E-state index contributed by atoms with van der Waals surface area (Å²) in [6.45, 7) is 3.23.